The molecule has 2 N–H and O–H groups in total. The molecule has 1 aliphatic rings. The lowest BCUT2D eigenvalue weighted by atomic mass is 9.94. The quantitative estimate of drug-likeness (QED) is 0.704. The van der Waals surface area contributed by atoms with E-state index >= 15 is 0 Å². The number of esters is 1. The van der Waals surface area contributed by atoms with E-state index in [0.717, 1.165) is 12.8 Å². The maximum atomic E-state index is 11.2. The van der Waals surface area contributed by atoms with Gasteiger partial charge in [0, 0.05) is 19.5 Å². The van der Waals surface area contributed by atoms with Crippen molar-refractivity contribution in [2.24, 2.45) is 11.7 Å². The van der Waals surface area contributed by atoms with Crippen molar-refractivity contribution in [3.8, 4) is 0 Å². The van der Waals surface area contributed by atoms with Gasteiger partial charge in [0.25, 0.3) is 0 Å². The van der Waals surface area contributed by atoms with E-state index in [4.69, 9.17) is 10.5 Å². The van der Waals surface area contributed by atoms with Crippen molar-refractivity contribution >= 4 is 12.0 Å². The highest BCUT2D eigenvalue weighted by molar-refractivity contribution is 5.72. The minimum Gasteiger partial charge on any atom is -0.466 e. The molecule has 5 nitrogen and oxygen atoms in total. The monoisotopic (exact) mass is 214 g/mol. The number of hydrogen-bond acceptors (Lipinski definition) is 3. The van der Waals surface area contributed by atoms with Gasteiger partial charge in [0.2, 0.25) is 0 Å². The predicted molar refractivity (Wildman–Crippen MR) is 55.1 cm³/mol. The number of nitrogens with zero attached hydrogens (tertiary/aromatic N) is 1. The van der Waals surface area contributed by atoms with Crippen molar-refractivity contribution in [2.75, 3.05) is 19.7 Å². The van der Waals surface area contributed by atoms with E-state index in [9.17, 15) is 9.59 Å². The molecule has 0 aliphatic carbocycles. The molecule has 1 saturated heterocycles. The summed E-state index contributed by atoms with van der Waals surface area (Å²) in [4.78, 5) is 23.7. The van der Waals surface area contributed by atoms with Gasteiger partial charge in [0.05, 0.1) is 6.61 Å². The first kappa shape index (κ1) is 11.8. The van der Waals surface area contributed by atoms with Gasteiger partial charge in [-0.2, -0.15) is 0 Å². The molecule has 1 heterocycles. The minimum absolute atomic E-state index is 0.143. The number of likely N-dealkylation sites (tertiary alicyclic amines) is 1. The molecule has 0 saturated carbocycles. The lowest BCUT2D eigenvalue weighted by Gasteiger charge is -2.30. The van der Waals surface area contributed by atoms with Crippen LogP contribution in [0.3, 0.4) is 0 Å². The van der Waals surface area contributed by atoms with Gasteiger partial charge in [-0.15, -0.1) is 0 Å². The zero-order valence-corrected chi connectivity index (χ0v) is 9.07. The highest BCUT2D eigenvalue weighted by Gasteiger charge is 2.23. The van der Waals surface area contributed by atoms with Gasteiger partial charge in [-0.1, -0.05) is 0 Å². The Morgan fingerprint density at radius 3 is 2.47 bits per heavy atom. The van der Waals surface area contributed by atoms with Crippen LogP contribution >= 0.6 is 0 Å². The van der Waals surface area contributed by atoms with Crippen LogP contribution in [0.2, 0.25) is 0 Å². The van der Waals surface area contributed by atoms with Crippen LogP contribution < -0.4 is 5.73 Å². The Bertz CT molecular complexity index is 235. The summed E-state index contributed by atoms with van der Waals surface area (Å²) in [5, 5.41) is 0. The Balaban J connectivity index is 2.25. The zero-order chi connectivity index (χ0) is 11.3. The van der Waals surface area contributed by atoms with Crippen LogP contribution in [0, 0.1) is 5.92 Å². The summed E-state index contributed by atoms with van der Waals surface area (Å²) in [6.07, 6.45) is 2.13. The summed E-state index contributed by atoms with van der Waals surface area (Å²) in [5.74, 6) is 0.190. The third-order valence-electron chi connectivity index (χ3n) is 2.69. The molecule has 1 rings (SSSR count). The Labute approximate surface area is 89.6 Å². The van der Waals surface area contributed by atoms with Crippen LogP contribution in [0.25, 0.3) is 0 Å². The van der Waals surface area contributed by atoms with Crippen LogP contribution in [-0.4, -0.2) is 36.6 Å². The maximum absolute atomic E-state index is 11.2. The average Bonchev–Trinajstić information content (AvgIpc) is 2.18. The Hall–Kier alpha value is -1.26. The molecular formula is C10H18N2O3. The smallest absolute Gasteiger partial charge is 0.314 e. The molecule has 0 atom stereocenters. The number of amides is 2. The second-order valence-electron chi connectivity index (χ2n) is 3.78. The van der Waals surface area contributed by atoms with Gasteiger partial charge in [-0.25, -0.2) is 4.79 Å². The van der Waals surface area contributed by atoms with E-state index in [-0.39, 0.29) is 12.0 Å². The molecule has 0 aromatic carbocycles. The zero-order valence-electron chi connectivity index (χ0n) is 9.07. The molecule has 1 aliphatic heterocycles. The molecular weight excluding hydrogens is 196 g/mol. The van der Waals surface area contributed by atoms with Crippen LogP contribution in [0.4, 0.5) is 4.79 Å². The molecule has 0 aromatic heterocycles. The van der Waals surface area contributed by atoms with Crippen LogP contribution in [0.5, 0.6) is 0 Å². The lowest BCUT2D eigenvalue weighted by Crippen LogP contribution is -2.42. The number of piperidine rings is 1. The van der Waals surface area contributed by atoms with Crippen molar-refractivity contribution in [1.29, 1.82) is 0 Å². The molecule has 0 radical (unpaired) electrons. The Morgan fingerprint density at radius 2 is 2.00 bits per heavy atom. The third-order valence-corrected chi connectivity index (χ3v) is 2.69. The van der Waals surface area contributed by atoms with Crippen LogP contribution in [-0.2, 0) is 9.53 Å². The van der Waals surface area contributed by atoms with Gasteiger partial charge in [0.1, 0.15) is 0 Å². The third kappa shape index (κ3) is 3.77. The molecule has 0 unspecified atom stereocenters. The van der Waals surface area contributed by atoms with E-state index in [1.54, 1.807) is 11.8 Å². The number of carbonyl (C=O) groups is 2. The molecule has 0 aromatic rings. The second kappa shape index (κ2) is 5.58. The maximum Gasteiger partial charge on any atom is 0.314 e. The molecule has 2 amide bonds. The highest BCUT2D eigenvalue weighted by Crippen LogP contribution is 2.20. The predicted octanol–water partition coefficient (Wildman–Crippen LogP) is 0.730. The van der Waals surface area contributed by atoms with E-state index < -0.39 is 0 Å². The largest absolute Gasteiger partial charge is 0.466 e. The minimum atomic E-state index is -0.371. The summed E-state index contributed by atoms with van der Waals surface area (Å²) in [7, 11) is 0. The van der Waals surface area contributed by atoms with Crippen molar-refractivity contribution < 1.29 is 14.3 Å². The second-order valence-corrected chi connectivity index (χ2v) is 3.78. The van der Waals surface area contributed by atoms with Crippen molar-refractivity contribution in [2.45, 2.75) is 26.2 Å². The Kier molecular flexibility index (Phi) is 4.39. The van der Waals surface area contributed by atoms with E-state index in [1.807, 2.05) is 0 Å². The highest BCUT2D eigenvalue weighted by atomic mass is 16.5. The molecule has 0 bridgehead atoms. The number of ether oxygens (including phenoxy) is 1. The van der Waals surface area contributed by atoms with Crippen molar-refractivity contribution in [3.63, 3.8) is 0 Å². The number of rotatable bonds is 3. The summed E-state index contributed by atoms with van der Waals surface area (Å²) in [6, 6.07) is -0.371. The summed E-state index contributed by atoms with van der Waals surface area (Å²) < 4.78 is 4.87. The number of hydrogen-bond donors (Lipinski definition) is 1. The van der Waals surface area contributed by atoms with Gasteiger partial charge in [-0.3, -0.25) is 4.79 Å². The SMILES string of the molecule is CCOC(=O)CC1CCN(C(N)=O)CC1. The van der Waals surface area contributed by atoms with Gasteiger partial charge < -0.3 is 15.4 Å². The molecule has 86 valence electrons. The van der Waals surface area contributed by atoms with Gasteiger partial charge in [-0.05, 0) is 25.7 Å². The fourth-order valence-corrected chi connectivity index (χ4v) is 1.81. The average molecular weight is 214 g/mol. The fourth-order valence-electron chi connectivity index (χ4n) is 1.81. The summed E-state index contributed by atoms with van der Waals surface area (Å²) in [6.45, 7) is 3.53. The van der Waals surface area contributed by atoms with Gasteiger partial charge >= 0.3 is 12.0 Å². The number of carbonyl (C=O) groups excluding carboxylic acids is 2. The fraction of sp³-hybridized carbons (Fsp3) is 0.800. The first-order chi connectivity index (χ1) is 7.13. The number of nitrogens with two attached hydrogens (primary N) is 1. The van der Waals surface area contributed by atoms with E-state index in [1.165, 1.54) is 0 Å². The molecule has 1 fully saturated rings. The summed E-state index contributed by atoms with van der Waals surface area (Å²) >= 11 is 0. The standard InChI is InChI=1S/C10H18N2O3/c1-2-15-9(13)7-8-3-5-12(6-4-8)10(11)14/h8H,2-7H2,1H3,(H2,11,14). The number of primary amides is 1. The lowest BCUT2D eigenvalue weighted by molar-refractivity contribution is -0.144. The van der Waals surface area contributed by atoms with Crippen LogP contribution in [0.15, 0.2) is 0 Å². The molecule has 5 heteroatoms. The first-order valence-corrected chi connectivity index (χ1v) is 5.33. The van der Waals surface area contributed by atoms with Gasteiger partial charge in [0.15, 0.2) is 0 Å². The number of urea groups is 1. The molecule has 0 spiro atoms. The van der Waals surface area contributed by atoms with E-state index in [2.05, 4.69) is 0 Å². The summed E-state index contributed by atoms with van der Waals surface area (Å²) in [5.41, 5.74) is 5.16. The first-order valence-electron chi connectivity index (χ1n) is 5.33. The Morgan fingerprint density at radius 1 is 1.40 bits per heavy atom. The molecule has 15 heavy (non-hydrogen) atoms. The van der Waals surface area contributed by atoms with Crippen LogP contribution in [0.1, 0.15) is 26.2 Å². The van der Waals surface area contributed by atoms with Crippen molar-refractivity contribution in [3.05, 3.63) is 0 Å². The topological polar surface area (TPSA) is 72.6 Å². The van der Waals surface area contributed by atoms with Crippen molar-refractivity contribution in [1.82, 2.24) is 4.90 Å². The van der Waals surface area contributed by atoms with E-state index in [0.29, 0.717) is 32.0 Å². The normalized spacial score (nSPS) is 17.5.